The highest BCUT2D eigenvalue weighted by atomic mass is 32.2. The van der Waals surface area contributed by atoms with Crippen molar-refractivity contribution in [3.8, 4) is 0 Å². The molecule has 1 aromatic heterocycles. The maximum atomic E-state index is 11.9. The number of aromatic nitrogens is 1. The summed E-state index contributed by atoms with van der Waals surface area (Å²) in [7, 11) is -3.30. The summed E-state index contributed by atoms with van der Waals surface area (Å²) < 4.78 is 26.3. The Hall–Kier alpha value is -0.660. The van der Waals surface area contributed by atoms with Gasteiger partial charge in [0.1, 0.15) is 0 Å². The Labute approximate surface area is 118 Å². The molecule has 2 N–H and O–H groups in total. The summed E-state index contributed by atoms with van der Waals surface area (Å²) in [6, 6.07) is 0.530. The number of rotatable bonds is 6. The Balaban J connectivity index is 1.89. The lowest BCUT2D eigenvalue weighted by Gasteiger charge is -2.14. The van der Waals surface area contributed by atoms with Gasteiger partial charge in [0.15, 0.2) is 5.13 Å². The number of sulfonamides is 1. The molecule has 0 aliphatic heterocycles. The summed E-state index contributed by atoms with van der Waals surface area (Å²) in [4.78, 5) is 4.33. The molecule has 5 nitrogen and oxygen atoms in total. The van der Waals surface area contributed by atoms with Gasteiger partial charge in [-0.3, -0.25) is 4.72 Å². The second-order valence-corrected chi connectivity index (χ2v) is 8.64. The molecule has 2 rings (SSSR count). The third kappa shape index (κ3) is 4.74. The molecule has 0 radical (unpaired) electrons. The molecule has 0 amide bonds. The zero-order chi connectivity index (χ0) is 14.1. The smallest absolute Gasteiger partial charge is 0.235 e. The summed E-state index contributed by atoms with van der Waals surface area (Å²) in [6.45, 7) is 6.66. The maximum Gasteiger partial charge on any atom is 0.235 e. The second kappa shape index (κ2) is 5.38. The average molecular weight is 303 g/mol. The van der Waals surface area contributed by atoms with E-state index >= 15 is 0 Å². The second-order valence-electron chi connectivity index (χ2n) is 5.94. The van der Waals surface area contributed by atoms with Crippen LogP contribution in [0.3, 0.4) is 0 Å². The molecular weight excluding hydrogens is 282 g/mol. The summed E-state index contributed by atoms with van der Waals surface area (Å²) in [6.07, 6.45) is 2.32. The van der Waals surface area contributed by atoms with E-state index in [1.165, 1.54) is 11.3 Å². The maximum absolute atomic E-state index is 11.9. The molecule has 1 fully saturated rings. The van der Waals surface area contributed by atoms with E-state index < -0.39 is 10.0 Å². The summed E-state index contributed by atoms with van der Waals surface area (Å²) in [5, 5.41) is 5.55. The van der Waals surface area contributed by atoms with Crippen molar-refractivity contribution in [2.75, 3.05) is 17.0 Å². The normalized spacial score (nSPS) is 16.6. The fraction of sp³-hybridized carbons (Fsp3) is 0.750. The van der Waals surface area contributed by atoms with Gasteiger partial charge in [0.25, 0.3) is 0 Å². The molecule has 0 bridgehead atoms. The van der Waals surface area contributed by atoms with Gasteiger partial charge in [0.2, 0.25) is 10.0 Å². The summed E-state index contributed by atoms with van der Waals surface area (Å²) in [5.74, 6) is 0.0912. The highest BCUT2D eigenvalue weighted by Gasteiger charge is 2.22. The number of anilines is 1. The SMILES string of the molecule is CC(C)(C)c1csc(NS(=O)(=O)CCNC2CC2)n1. The molecule has 108 valence electrons. The fourth-order valence-electron chi connectivity index (χ4n) is 1.53. The minimum absolute atomic E-state index is 0.0618. The van der Waals surface area contributed by atoms with Gasteiger partial charge < -0.3 is 5.32 Å². The van der Waals surface area contributed by atoms with Gasteiger partial charge in [-0.25, -0.2) is 13.4 Å². The number of hydrogen-bond donors (Lipinski definition) is 2. The summed E-state index contributed by atoms with van der Waals surface area (Å²) >= 11 is 1.33. The van der Waals surface area contributed by atoms with Crippen LogP contribution < -0.4 is 10.0 Å². The topological polar surface area (TPSA) is 71.1 Å². The Kier molecular flexibility index (Phi) is 4.17. The molecule has 19 heavy (non-hydrogen) atoms. The van der Waals surface area contributed by atoms with Crippen molar-refractivity contribution < 1.29 is 8.42 Å². The van der Waals surface area contributed by atoms with Gasteiger partial charge >= 0.3 is 0 Å². The first-order valence-corrected chi connectivity index (χ1v) is 8.99. The molecular formula is C12H21N3O2S2. The van der Waals surface area contributed by atoms with Crippen molar-refractivity contribution >= 4 is 26.5 Å². The van der Waals surface area contributed by atoms with Gasteiger partial charge in [0.05, 0.1) is 11.4 Å². The first-order chi connectivity index (χ1) is 8.76. The number of nitrogens with one attached hydrogen (secondary N) is 2. The third-order valence-corrected chi connectivity index (χ3v) is 5.03. The van der Waals surface area contributed by atoms with Gasteiger partial charge in [-0.2, -0.15) is 0 Å². The molecule has 0 unspecified atom stereocenters. The van der Waals surface area contributed by atoms with Crippen LogP contribution in [0.5, 0.6) is 0 Å². The first kappa shape index (κ1) is 14.7. The van der Waals surface area contributed by atoms with Gasteiger partial charge in [0, 0.05) is 23.4 Å². The molecule has 1 aromatic rings. The molecule has 1 aliphatic carbocycles. The fourth-order valence-corrected chi connectivity index (χ4v) is 3.69. The van der Waals surface area contributed by atoms with Crippen LogP contribution in [0.15, 0.2) is 5.38 Å². The van der Waals surface area contributed by atoms with Crippen molar-refractivity contribution in [2.24, 2.45) is 0 Å². The van der Waals surface area contributed by atoms with Crippen LogP contribution in [0.25, 0.3) is 0 Å². The van der Waals surface area contributed by atoms with Crippen molar-refractivity contribution in [2.45, 2.75) is 45.1 Å². The summed E-state index contributed by atoms with van der Waals surface area (Å²) in [5.41, 5.74) is 0.847. The predicted molar refractivity (Wildman–Crippen MR) is 79.2 cm³/mol. The van der Waals surface area contributed by atoms with E-state index in [2.05, 4.69) is 35.8 Å². The quantitative estimate of drug-likeness (QED) is 0.842. The standard InChI is InChI=1S/C12H21N3O2S2/c1-12(2,3)10-8-18-11(14-10)15-19(16,17)7-6-13-9-4-5-9/h8-9,13H,4-7H2,1-3H3,(H,14,15). The largest absolute Gasteiger partial charge is 0.313 e. The number of nitrogens with zero attached hydrogens (tertiary/aromatic N) is 1. The zero-order valence-corrected chi connectivity index (χ0v) is 13.2. The highest BCUT2D eigenvalue weighted by Crippen LogP contribution is 2.26. The highest BCUT2D eigenvalue weighted by molar-refractivity contribution is 7.92. The molecule has 1 aliphatic rings. The van der Waals surface area contributed by atoms with Crippen LogP contribution in [-0.2, 0) is 15.4 Å². The van der Waals surface area contributed by atoms with Crippen LogP contribution in [0.1, 0.15) is 39.3 Å². The van der Waals surface area contributed by atoms with Crippen LogP contribution in [0.4, 0.5) is 5.13 Å². The van der Waals surface area contributed by atoms with E-state index in [4.69, 9.17) is 0 Å². The van der Waals surface area contributed by atoms with E-state index in [9.17, 15) is 8.42 Å². The number of thiazole rings is 1. The third-order valence-electron chi connectivity index (χ3n) is 2.90. The van der Waals surface area contributed by atoms with Gasteiger partial charge in [-0.05, 0) is 12.8 Å². The van der Waals surface area contributed by atoms with Crippen LogP contribution in [0.2, 0.25) is 0 Å². The molecule has 0 spiro atoms. The molecule has 1 heterocycles. The monoisotopic (exact) mass is 303 g/mol. The Bertz CT molecular complexity index is 527. The Morgan fingerprint density at radius 1 is 1.42 bits per heavy atom. The first-order valence-electron chi connectivity index (χ1n) is 6.46. The van der Waals surface area contributed by atoms with E-state index in [1.54, 1.807) is 0 Å². The minimum atomic E-state index is -3.30. The molecule has 0 atom stereocenters. The number of hydrogen-bond acceptors (Lipinski definition) is 5. The molecule has 7 heteroatoms. The van der Waals surface area contributed by atoms with Gasteiger partial charge in [-0.15, -0.1) is 11.3 Å². The molecule has 0 aromatic carbocycles. The van der Waals surface area contributed by atoms with Crippen molar-refractivity contribution in [3.63, 3.8) is 0 Å². The van der Waals surface area contributed by atoms with Gasteiger partial charge in [-0.1, -0.05) is 20.8 Å². The minimum Gasteiger partial charge on any atom is -0.313 e. The predicted octanol–water partition coefficient (Wildman–Crippen LogP) is 1.93. The van der Waals surface area contributed by atoms with Crippen molar-refractivity contribution in [1.82, 2.24) is 10.3 Å². The lowest BCUT2D eigenvalue weighted by molar-refractivity contribution is 0.573. The van der Waals surface area contributed by atoms with Crippen LogP contribution in [-0.4, -0.2) is 31.7 Å². The Morgan fingerprint density at radius 3 is 2.63 bits per heavy atom. The average Bonchev–Trinajstić information content (AvgIpc) is 2.94. The zero-order valence-electron chi connectivity index (χ0n) is 11.6. The van der Waals surface area contributed by atoms with E-state index in [-0.39, 0.29) is 11.2 Å². The van der Waals surface area contributed by atoms with E-state index in [1.807, 2.05) is 5.38 Å². The van der Waals surface area contributed by atoms with Crippen molar-refractivity contribution in [1.29, 1.82) is 0 Å². The Morgan fingerprint density at radius 2 is 2.11 bits per heavy atom. The van der Waals surface area contributed by atoms with E-state index in [0.29, 0.717) is 17.7 Å². The van der Waals surface area contributed by atoms with Crippen LogP contribution >= 0.6 is 11.3 Å². The van der Waals surface area contributed by atoms with Crippen LogP contribution in [0, 0.1) is 0 Å². The lowest BCUT2D eigenvalue weighted by Crippen LogP contribution is -2.28. The molecule has 1 saturated carbocycles. The lowest BCUT2D eigenvalue weighted by atomic mass is 9.93. The molecule has 0 saturated heterocycles. The van der Waals surface area contributed by atoms with E-state index in [0.717, 1.165) is 18.5 Å². The van der Waals surface area contributed by atoms with Crippen molar-refractivity contribution in [3.05, 3.63) is 11.1 Å².